The quantitative estimate of drug-likeness (QED) is 0.235. The van der Waals surface area contributed by atoms with Crippen molar-refractivity contribution in [1.29, 1.82) is 0 Å². The highest BCUT2D eigenvalue weighted by Gasteiger charge is 2.36. The number of aromatic amines is 1. The predicted molar refractivity (Wildman–Crippen MR) is 127 cm³/mol. The number of carbonyl (C=O) groups excluding carboxylic acids is 1. The van der Waals surface area contributed by atoms with E-state index in [0.29, 0.717) is 15.8 Å². The number of anilines is 3. The normalized spacial score (nSPS) is 13.8. The van der Waals surface area contributed by atoms with Gasteiger partial charge < -0.3 is 10.3 Å². The van der Waals surface area contributed by atoms with Crippen molar-refractivity contribution in [1.82, 2.24) is 9.97 Å². The largest absolute Gasteiger partial charge is 0.417 e. The molecule has 2 N–H and O–H groups in total. The maximum atomic E-state index is 14.3. The number of pyridine rings is 1. The molecule has 1 aliphatic carbocycles. The van der Waals surface area contributed by atoms with Gasteiger partial charge in [-0.25, -0.2) is 22.1 Å². The number of aromatic nitrogens is 2. The summed E-state index contributed by atoms with van der Waals surface area (Å²) in [5, 5.41) is 3.03. The lowest BCUT2D eigenvalue weighted by atomic mass is 9.96. The standard InChI is InChI=1S/C24H18F4N4O3S/c25-14-2-1-3-15(10-14)32(36(34)35)16-6-7-17(20(11-16)24(26,27)28)19-12-21(31-23(33)13-4-5-13)30-22-18(19)8-9-29-22/h1-3,6-13,36H,4-5H2,(H2,29,30,31,33). The Hall–Kier alpha value is -3.93. The van der Waals surface area contributed by atoms with Crippen molar-refractivity contribution in [2.24, 2.45) is 5.92 Å². The van der Waals surface area contributed by atoms with Crippen LogP contribution in [0, 0.1) is 11.7 Å². The Kier molecular flexibility index (Phi) is 5.91. The lowest BCUT2D eigenvalue weighted by molar-refractivity contribution is -0.137. The Morgan fingerprint density at radius 2 is 1.78 bits per heavy atom. The van der Waals surface area contributed by atoms with Crippen molar-refractivity contribution in [3.63, 3.8) is 0 Å². The van der Waals surface area contributed by atoms with Crippen molar-refractivity contribution in [2.75, 3.05) is 9.62 Å². The summed E-state index contributed by atoms with van der Waals surface area (Å²) >= 11 is 0. The molecule has 0 atom stereocenters. The average Bonchev–Trinajstić information content (AvgIpc) is 3.56. The molecule has 4 aromatic rings. The zero-order chi connectivity index (χ0) is 25.6. The molecule has 1 aliphatic rings. The molecule has 1 amide bonds. The van der Waals surface area contributed by atoms with Gasteiger partial charge in [0.2, 0.25) is 16.8 Å². The van der Waals surface area contributed by atoms with E-state index in [2.05, 4.69) is 15.3 Å². The number of benzene rings is 2. The van der Waals surface area contributed by atoms with Crippen LogP contribution < -0.4 is 9.62 Å². The van der Waals surface area contributed by atoms with Crippen LogP contribution in [-0.4, -0.2) is 24.3 Å². The van der Waals surface area contributed by atoms with Crippen LogP contribution in [0.1, 0.15) is 18.4 Å². The maximum Gasteiger partial charge on any atom is 0.417 e. The summed E-state index contributed by atoms with van der Waals surface area (Å²) in [4.78, 5) is 19.4. The van der Waals surface area contributed by atoms with Gasteiger partial charge in [0.25, 0.3) is 0 Å². The van der Waals surface area contributed by atoms with E-state index in [9.17, 15) is 30.8 Å². The summed E-state index contributed by atoms with van der Waals surface area (Å²) in [6.07, 6.45) is -1.86. The number of alkyl halides is 3. The first kappa shape index (κ1) is 23.8. The van der Waals surface area contributed by atoms with Crippen LogP contribution in [0.2, 0.25) is 0 Å². The van der Waals surface area contributed by atoms with E-state index in [1.54, 1.807) is 6.07 Å². The predicted octanol–water partition coefficient (Wildman–Crippen LogP) is 5.40. The first-order valence-electron chi connectivity index (χ1n) is 10.8. The second kappa shape index (κ2) is 8.94. The lowest BCUT2D eigenvalue weighted by Gasteiger charge is -2.21. The van der Waals surface area contributed by atoms with Crippen molar-refractivity contribution in [3.05, 3.63) is 72.2 Å². The van der Waals surface area contributed by atoms with Crippen LogP contribution in [0.25, 0.3) is 22.2 Å². The van der Waals surface area contributed by atoms with E-state index in [-0.39, 0.29) is 45.8 Å². The molecule has 186 valence electrons. The summed E-state index contributed by atoms with van der Waals surface area (Å²) in [6, 6.07) is 10.5. The van der Waals surface area contributed by atoms with Crippen LogP contribution >= 0.6 is 0 Å². The minimum Gasteiger partial charge on any atom is -0.346 e. The molecule has 0 saturated heterocycles. The van der Waals surface area contributed by atoms with Gasteiger partial charge in [-0.3, -0.25) is 4.79 Å². The zero-order valence-corrected chi connectivity index (χ0v) is 19.2. The number of nitrogens with zero attached hydrogens (tertiary/aromatic N) is 2. The molecular formula is C24H18F4N4O3S. The van der Waals surface area contributed by atoms with Crippen LogP contribution in [0.15, 0.2) is 60.8 Å². The van der Waals surface area contributed by atoms with Gasteiger partial charge >= 0.3 is 6.18 Å². The molecule has 0 bridgehead atoms. The Morgan fingerprint density at radius 3 is 2.44 bits per heavy atom. The third-order valence-corrected chi connectivity index (χ3v) is 6.58. The van der Waals surface area contributed by atoms with Gasteiger partial charge in [0.15, 0.2) is 0 Å². The van der Waals surface area contributed by atoms with Gasteiger partial charge in [0.1, 0.15) is 17.3 Å². The number of hydrogen-bond acceptors (Lipinski definition) is 4. The summed E-state index contributed by atoms with van der Waals surface area (Å²) in [5.74, 6) is -1.04. The number of halogens is 4. The fraction of sp³-hybridized carbons (Fsp3) is 0.167. The number of thiol groups is 1. The molecule has 2 aromatic heterocycles. The molecule has 5 rings (SSSR count). The number of H-pyrrole nitrogens is 1. The smallest absolute Gasteiger partial charge is 0.346 e. The molecule has 0 radical (unpaired) electrons. The molecule has 0 unspecified atom stereocenters. The fourth-order valence-corrected chi connectivity index (χ4v) is 4.60. The minimum absolute atomic E-state index is 0.0954. The van der Waals surface area contributed by atoms with Gasteiger partial charge in [-0.1, -0.05) is 12.1 Å². The molecule has 36 heavy (non-hydrogen) atoms. The molecule has 1 fully saturated rings. The van der Waals surface area contributed by atoms with Crippen molar-refractivity contribution in [3.8, 4) is 11.1 Å². The third-order valence-electron chi connectivity index (χ3n) is 5.79. The number of hydrogen-bond donors (Lipinski definition) is 3. The molecule has 2 aromatic carbocycles. The number of nitrogens with one attached hydrogen (secondary N) is 2. The molecular weight excluding hydrogens is 500 g/mol. The van der Waals surface area contributed by atoms with Gasteiger partial charge in [-0.2, -0.15) is 13.2 Å². The number of amides is 1. The minimum atomic E-state index is -4.86. The Labute approximate surface area is 203 Å². The SMILES string of the molecule is O=C(Nc1cc(-c2ccc(N(c3cccc(F)c3)[SH](=O)=O)cc2C(F)(F)F)c2cc[nH]c2n1)C1CC1. The first-order chi connectivity index (χ1) is 17.1. The highest BCUT2D eigenvalue weighted by molar-refractivity contribution is 7.74. The average molecular weight is 518 g/mol. The summed E-state index contributed by atoms with van der Waals surface area (Å²) in [6.45, 7) is 0. The highest BCUT2D eigenvalue weighted by Crippen LogP contribution is 2.43. The molecule has 7 nitrogen and oxygen atoms in total. The van der Waals surface area contributed by atoms with Crippen LogP contribution in [-0.2, 0) is 21.9 Å². The molecule has 12 heteroatoms. The lowest BCUT2D eigenvalue weighted by Crippen LogP contribution is -2.17. The Balaban J connectivity index is 1.66. The van der Waals surface area contributed by atoms with Crippen LogP contribution in [0.3, 0.4) is 0 Å². The number of carbonyl (C=O) groups is 1. The number of rotatable bonds is 6. The summed E-state index contributed by atoms with van der Waals surface area (Å²) in [7, 11) is -3.44. The molecule has 0 spiro atoms. The fourth-order valence-electron chi connectivity index (χ4n) is 3.98. The zero-order valence-electron chi connectivity index (χ0n) is 18.3. The number of fused-ring (bicyclic) bond motifs is 1. The van der Waals surface area contributed by atoms with Gasteiger partial charge in [-0.15, -0.1) is 0 Å². The Morgan fingerprint density at radius 1 is 1.03 bits per heavy atom. The van der Waals surface area contributed by atoms with E-state index < -0.39 is 28.4 Å². The topological polar surface area (TPSA) is 95.2 Å². The van der Waals surface area contributed by atoms with Crippen LogP contribution in [0.5, 0.6) is 0 Å². The monoisotopic (exact) mass is 518 g/mol. The van der Waals surface area contributed by atoms with E-state index >= 15 is 0 Å². The van der Waals surface area contributed by atoms with E-state index in [1.807, 2.05) is 0 Å². The second-order valence-corrected chi connectivity index (χ2v) is 9.19. The summed E-state index contributed by atoms with van der Waals surface area (Å²) < 4.78 is 81.1. The molecule has 2 heterocycles. The second-order valence-electron chi connectivity index (χ2n) is 8.32. The van der Waals surface area contributed by atoms with Gasteiger partial charge in [-0.05, 0) is 66.4 Å². The third kappa shape index (κ3) is 4.63. The van der Waals surface area contributed by atoms with Crippen molar-refractivity contribution >= 4 is 45.0 Å². The first-order valence-corrected chi connectivity index (χ1v) is 12.0. The summed E-state index contributed by atoms with van der Waals surface area (Å²) in [5.41, 5.74) is -1.37. The van der Waals surface area contributed by atoms with Crippen molar-refractivity contribution in [2.45, 2.75) is 19.0 Å². The van der Waals surface area contributed by atoms with Crippen molar-refractivity contribution < 1.29 is 30.8 Å². The molecule has 0 aliphatic heterocycles. The van der Waals surface area contributed by atoms with E-state index in [1.165, 1.54) is 30.5 Å². The highest BCUT2D eigenvalue weighted by atomic mass is 32.2. The van der Waals surface area contributed by atoms with E-state index in [0.717, 1.165) is 31.0 Å². The Bertz CT molecular complexity index is 1550. The molecule has 1 saturated carbocycles. The van der Waals surface area contributed by atoms with Gasteiger partial charge in [0.05, 0.1) is 16.9 Å². The maximum absolute atomic E-state index is 14.3. The van der Waals surface area contributed by atoms with Crippen LogP contribution in [0.4, 0.5) is 34.8 Å². The van der Waals surface area contributed by atoms with Gasteiger partial charge in [0, 0.05) is 17.5 Å². The van der Waals surface area contributed by atoms with E-state index in [4.69, 9.17) is 0 Å².